The van der Waals surface area contributed by atoms with Gasteiger partial charge in [-0.15, -0.1) is 0 Å². The molecule has 7 heteroatoms. The number of amides is 4. The number of fused-ring (bicyclic) bond motifs is 1. The molecule has 2 aliphatic heterocycles. The topological polar surface area (TPSA) is 102 Å². The largest absolute Gasteiger partial charge is 0.338 e. The van der Waals surface area contributed by atoms with Crippen LogP contribution in [-0.2, 0) is 16.0 Å². The number of hydrogen-bond donors (Lipinski definition) is 2. The van der Waals surface area contributed by atoms with Crippen LogP contribution in [0.15, 0.2) is 24.3 Å². The Morgan fingerprint density at radius 3 is 2.28 bits per heavy atom. The normalized spacial score (nSPS) is 27.6. The fourth-order valence-corrected chi connectivity index (χ4v) is 3.51. The highest BCUT2D eigenvalue weighted by Gasteiger charge is 2.66. The van der Waals surface area contributed by atoms with Crippen LogP contribution < -0.4 is 10.6 Å². The van der Waals surface area contributed by atoms with E-state index in [0.29, 0.717) is 18.5 Å². The third kappa shape index (κ3) is 2.64. The molecule has 1 aromatic carbocycles. The maximum absolute atomic E-state index is 12.4. The van der Waals surface area contributed by atoms with Crippen LogP contribution in [0.25, 0.3) is 0 Å². The average molecular weight is 340 g/mol. The number of likely N-dealkylation sites (tertiary alicyclic amines) is 1. The van der Waals surface area contributed by atoms with Crippen molar-refractivity contribution >= 4 is 17.8 Å². The van der Waals surface area contributed by atoms with Gasteiger partial charge < -0.3 is 10.2 Å². The molecule has 2 N–H and O–H groups in total. The molecule has 0 spiro atoms. The minimum atomic E-state index is -0.880. The first kappa shape index (κ1) is 17.0. The van der Waals surface area contributed by atoms with Crippen LogP contribution in [0.5, 0.6) is 0 Å². The molecule has 0 radical (unpaired) electrons. The van der Waals surface area contributed by atoms with Gasteiger partial charge >= 0.3 is 6.03 Å². The fraction of sp³-hybridized carbons (Fsp3) is 0.444. The van der Waals surface area contributed by atoms with E-state index in [-0.39, 0.29) is 30.9 Å². The van der Waals surface area contributed by atoms with Gasteiger partial charge in [-0.3, -0.25) is 14.9 Å². The monoisotopic (exact) mass is 340 g/mol. The number of nitriles is 1. The zero-order valence-electron chi connectivity index (χ0n) is 14.3. The lowest BCUT2D eigenvalue weighted by Gasteiger charge is -2.25. The summed E-state index contributed by atoms with van der Waals surface area (Å²) in [6, 6.07) is 8.99. The van der Waals surface area contributed by atoms with Crippen molar-refractivity contribution in [1.29, 1.82) is 5.26 Å². The zero-order valence-corrected chi connectivity index (χ0v) is 14.3. The quantitative estimate of drug-likeness (QED) is 0.794. The lowest BCUT2D eigenvalue weighted by atomic mass is 9.70. The maximum atomic E-state index is 12.4. The van der Waals surface area contributed by atoms with E-state index in [1.165, 1.54) is 4.90 Å². The Bertz CT molecular complexity index is 755. The number of nitrogens with one attached hydrogen (secondary N) is 2. The average Bonchev–Trinajstić information content (AvgIpc) is 2.96. The van der Waals surface area contributed by atoms with Crippen molar-refractivity contribution in [2.75, 3.05) is 19.6 Å². The molecule has 0 aromatic heterocycles. The highest BCUT2D eigenvalue weighted by atomic mass is 16.2. The molecule has 2 unspecified atom stereocenters. The van der Waals surface area contributed by atoms with E-state index in [1.54, 1.807) is 26.0 Å². The van der Waals surface area contributed by atoms with E-state index in [1.807, 2.05) is 12.1 Å². The van der Waals surface area contributed by atoms with Crippen LogP contribution in [0, 0.1) is 22.2 Å². The Balaban J connectivity index is 1.57. The lowest BCUT2D eigenvalue weighted by Crippen LogP contribution is -2.43. The first-order valence-electron chi connectivity index (χ1n) is 8.18. The van der Waals surface area contributed by atoms with Crippen molar-refractivity contribution in [2.24, 2.45) is 10.8 Å². The predicted molar refractivity (Wildman–Crippen MR) is 89.2 cm³/mol. The highest BCUT2D eigenvalue weighted by Crippen LogP contribution is 2.49. The molecule has 25 heavy (non-hydrogen) atoms. The Morgan fingerprint density at radius 2 is 1.76 bits per heavy atom. The summed E-state index contributed by atoms with van der Waals surface area (Å²) in [7, 11) is 0. The highest BCUT2D eigenvalue weighted by molar-refractivity contribution is 6.10. The van der Waals surface area contributed by atoms with Gasteiger partial charge in [-0.05, 0) is 38.0 Å². The minimum absolute atomic E-state index is 0.226. The molecule has 0 saturated carbocycles. The van der Waals surface area contributed by atoms with Crippen LogP contribution in [-0.4, -0.2) is 42.4 Å². The van der Waals surface area contributed by atoms with E-state index in [4.69, 9.17) is 5.26 Å². The first-order chi connectivity index (χ1) is 11.8. The molecule has 2 saturated heterocycles. The molecule has 0 bridgehead atoms. The molecule has 4 amide bonds. The van der Waals surface area contributed by atoms with Gasteiger partial charge in [0, 0.05) is 19.6 Å². The number of urea groups is 1. The summed E-state index contributed by atoms with van der Waals surface area (Å²) in [6.07, 6.45) is 0.638. The van der Waals surface area contributed by atoms with Crippen molar-refractivity contribution in [1.82, 2.24) is 15.5 Å². The van der Waals surface area contributed by atoms with Gasteiger partial charge in [-0.25, -0.2) is 4.79 Å². The van der Waals surface area contributed by atoms with Crippen molar-refractivity contribution < 1.29 is 14.4 Å². The SMILES string of the molecule is CC12CN(C(=O)NCCc3ccc(C#N)cc3)CC1(C)C(=O)NC2=O. The smallest absolute Gasteiger partial charge is 0.317 e. The van der Waals surface area contributed by atoms with Crippen molar-refractivity contribution in [3.63, 3.8) is 0 Å². The van der Waals surface area contributed by atoms with Gasteiger partial charge in [0.05, 0.1) is 22.5 Å². The predicted octanol–water partition coefficient (Wildman–Crippen LogP) is 0.795. The van der Waals surface area contributed by atoms with Gasteiger partial charge in [0.2, 0.25) is 11.8 Å². The molecule has 3 rings (SSSR count). The second-order valence-electron chi connectivity index (χ2n) is 7.09. The summed E-state index contributed by atoms with van der Waals surface area (Å²) in [5.74, 6) is -0.624. The lowest BCUT2D eigenvalue weighted by molar-refractivity contribution is -0.128. The summed E-state index contributed by atoms with van der Waals surface area (Å²) in [5, 5.41) is 14.0. The molecule has 7 nitrogen and oxygen atoms in total. The van der Waals surface area contributed by atoms with Crippen LogP contribution in [0.4, 0.5) is 4.79 Å². The molecular weight excluding hydrogens is 320 g/mol. The third-order valence-corrected chi connectivity index (χ3v) is 5.52. The fourth-order valence-electron chi connectivity index (χ4n) is 3.51. The number of carbonyl (C=O) groups excluding carboxylic acids is 3. The van der Waals surface area contributed by atoms with Gasteiger partial charge in [-0.1, -0.05) is 12.1 Å². The van der Waals surface area contributed by atoms with Crippen molar-refractivity contribution in [2.45, 2.75) is 20.3 Å². The second-order valence-corrected chi connectivity index (χ2v) is 7.09. The summed E-state index contributed by atoms with van der Waals surface area (Å²) in [6.45, 7) is 4.36. The molecule has 2 heterocycles. The summed E-state index contributed by atoms with van der Waals surface area (Å²) >= 11 is 0. The molecular formula is C18H20N4O3. The number of rotatable bonds is 3. The standard InChI is InChI=1S/C18H20N4O3/c1-17-10-22(11-18(17,2)15(24)21-14(17)23)16(25)20-8-7-12-3-5-13(9-19)6-4-12/h3-6H,7-8,10-11H2,1-2H3,(H,20,25)(H,21,23,24). The maximum Gasteiger partial charge on any atom is 0.317 e. The zero-order chi connectivity index (χ0) is 18.2. The summed E-state index contributed by atoms with van der Waals surface area (Å²) < 4.78 is 0. The van der Waals surface area contributed by atoms with Gasteiger partial charge in [-0.2, -0.15) is 5.26 Å². The number of benzene rings is 1. The second kappa shape index (κ2) is 5.88. The Hall–Kier alpha value is -2.88. The molecule has 0 aliphatic carbocycles. The molecule has 2 fully saturated rings. The van der Waals surface area contributed by atoms with Crippen molar-refractivity contribution in [3.05, 3.63) is 35.4 Å². The number of imide groups is 1. The van der Waals surface area contributed by atoms with E-state index in [0.717, 1.165) is 5.56 Å². The van der Waals surface area contributed by atoms with E-state index in [2.05, 4.69) is 16.7 Å². The Morgan fingerprint density at radius 1 is 1.20 bits per heavy atom. The van der Waals surface area contributed by atoms with E-state index < -0.39 is 10.8 Å². The van der Waals surface area contributed by atoms with E-state index >= 15 is 0 Å². The molecule has 2 aliphatic rings. The van der Waals surface area contributed by atoms with Crippen molar-refractivity contribution in [3.8, 4) is 6.07 Å². The summed E-state index contributed by atoms with van der Waals surface area (Å²) in [4.78, 5) is 38.1. The number of hydrogen-bond acceptors (Lipinski definition) is 4. The third-order valence-electron chi connectivity index (χ3n) is 5.52. The van der Waals surface area contributed by atoms with Crippen LogP contribution in [0.1, 0.15) is 25.0 Å². The van der Waals surface area contributed by atoms with Crippen LogP contribution >= 0.6 is 0 Å². The van der Waals surface area contributed by atoms with Crippen LogP contribution in [0.3, 0.4) is 0 Å². The van der Waals surface area contributed by atoms with Crippen LogP contribution in [0.2, 0.25) is 0 Å². The Labute approximate surface area is 146 Å². The number of carbonyl (C=O) groups is 3. The molecule has 1 aromatic rings. The minimum Gasteiger partial charge on any atom is -0.338 e. The summed E-state index contributed by atoms with van der Waals surface area (Å²) in [5.41, 5.74) is -0.143. The van der Waals surface area contributed by atoms with Gasteiger partial charge in [0.25, 0.3) is 0 Å². The molecule has 130 valence electrons. The van der Waals surface area contributed by atoms with Gasteiger partial charge in [0.15, 0.2) is 0 Å². The first-order valence-corrected chi connectivity index (χ1v) is 8.18. The Kier molecular flexibility index (Phi) is 3.99. The number of nitrogens with zero attached hydrogens (tertiary/aromatic N) is 2. The van der Waals surface area contributed by atoms with Gasteiger partial charge in [0.1, 0.15) is 0 Å². The molecule has 2 atom stereocenters. The van der Waals surface area contributed by atoms with E-state index in [9.17, 15) is 14.4 Å².